The maximum absolute atomic E-state index is 11.2. The van der Waals surface area contributed by atoms with Crippen LogP contribution in [0.25, 0.3) is 5.76 Å². The van der Waals surface area contributed by atoms with Gasteiger partial charge in [0.15, 0.2) is 5.78 Å². The largest absolute Gasteiger partial charge is 0.544 e. The van der Waals surface area contributed by atoms with Crippen LogP contribution < -0.4 is 0 Å². The molecule has 0 heterocycles. The molecule has 0 bridgehead atoms. The van der Waals surface area contributed by atoms with Crippen LogP contribution in [-0.2, 0) is 9.22 Å². The van der Waals surface area contributed by atoms with Crippen molar-refractivity contribution in [1.82, 2.24) is 0 Å². The highest BCUT2D eigenvalue weighted by molar-refractivity contribution is 6.70. The second-order valence-corrected chi connectivity index (χ2v) is 9.13. The van der Waals surface area contributed by atoms with Gasteiger partial charge in [-0.25, -0.2) is 0 Å². The third kappa shape index (κ3) is 4.44. The van der Waals surface area contributed by atoms with E-state index in [0.29, 0.717) is 5.76 Å². The molecule has 16 heavy (non-hydrogen) atoms. The van der Waals surface area contributed by atoms with Crippen LogP contribution in [-0.4, -0.2) is 14.1 Å². The van der Waals surface area contributed by atoms with Crippen LogP contribution >= 0.6 is 0 Å². The van der Waals surface area contributed by atoms with Crippen molar-refractivity contribution in [2.75, 3.05) is 0 Å². The van der Waals surface area contributed by atoms with Crippen molar-refractivity contribution in [1.29, 1.82) is 0 Å². The molecule has 0 atom stereocenters. The van der Waals surface area contributed by atoms with Gasteiger partial charge < -0.3 is 4.43 Å². The molecule has 0 saturated carbocycles. The van der Waals surface area contributed by atoms with E-state index in [9.17, 15) is 4.79 Å². The molecule has 0 unspecified atom stereocenters. The molecule has 1 aromatic carbocycles. The number of carbonyl (C=O) groups is 1. The number of hydrogen-bond donors (Lipinski definition) is 0. The van der Waals surface area contributed by atoms with Gasteiger partial charge in [0.05, 0.1) is 0 Å². The zero-order valence-electron chi connectivity index (χ0n) is 10.3. The van der Waals surface area contributed by atoms with Crippen LogP contribution in [0.15, 0.2) is 36.4 Å². The normalized spacial score (nSPS) is 12.4. The summed E-state index contributed by atoms with van der Waals surface area (Å²) < 4.78 is 5.91. The van der Waals surface area contributed by atoms with Gasteiger partial charge in [-0.15, -0.1) is 0 Å². The number of ketones is 1. The zero-order valence-corrected chi connectivity index (χ0v) is 11.3. The van der Waals surface area contributed by atoms with Crippen LogP contribution in [0, 0.1) is 0 Å². The summed E-state index contributed by atoms with van der Waals surface area (Å²) in [5.74, 6) is 0.698. The Labute approximate surface area is 98.1 Å². The van der Waals surface area contributed by atoms with Crippen molar-refractivity contribution in [3.8, 4) is 0 Å². The Morgan fingerprint density at radius 2 is 1.75 bits per heavy atom. The zero-order chi connectivity index (χ0) is 12.2. The molecule has 0 amide bonds. The molecule has 0 radical (unpaired) electrons. The van der Waals surface area contributed by atoms with Crippen LogP contribution in [0.3, 0.4) is 0 Å². The molecular formula is C13H18O2Si. The Morgan fingerprint density at radius 1 is 1.19 bits per heavy atom. The Balaban J connectivity index is 3.03. The Kier molecular flexibility index (Phi) is 4.07. The quantitative estimate of drug-likeness (QED) is 0.453. The summed E-state index contributed by atoms with van der Waals surface area (Å²) in [7, 11) is -1.69. The van der Waals surface area contributed by atoms with E-state index >= 15 is 0 Å². The second kappa shape index (κ2) is 5.12. The summed E-state index contributed by atoms with van der Waals surface area (Å²) in [6.45, 7) is 7.84. The first-order valence-electron chi connectivity index (χ1n) is 5.35. The summed E-state index contributed by atoms with van der Waals surface area (Å²) in [5.41, 5.74) is 0.958. The molecule has 0 fully saturated rings. The molecule has 86 valence electrons. The molecule has 0 aliphatic carbocycles. The van der Waals surface area contributed by atoms with Gasteiger partial charge in [-0.3, -0.25) is 4.79 Å². The minimum Gasteiger partial charge on any atom is -0.544 e. The number of hydrogen-bond acceptors (Lipinski definition) is 2. The summed E-state index contributed by atoms with van der Waals surface area (Å²) in [6, 6.07) is 9.74. The Bertz CT molecular complexity index is 388. The van der Waals surface area contributed by atoms with Gasteiger partial charge in [0.2, 0.25) is 8.32 Å². The van der Waals surface area contributed by atoms with Gasteiger partial charge in [-0.1, -0.05) is 30.3 Å². The summed E-state index contributed by atoms with van der Waals surface area (Å²) in [4.78, 5) is 11.2. The maximum Gasteiger partial charge on any atom is 0.242 e. The van der Waals surface area contributed by atoms with Gasteiger partial charge in [-0.05, 0) is 26.6 Å². The van der Waals surface area contributed by atoms with Gasteiger partial charge in [0, 0.05) is 11.6 Å². The molecule has 2 nitrogen and oxygen atoms in total. The van der Waals surface area contributed by atoms with Gasteiger partial charge in [-0.2, -0.15) is 0 Å². The number of rotatable bonds is 4. The predicted octanol–water partition coefficient (Wildman–Crippen LogP) is 3.47. The predicted molar refractivity (Wildman–Crippen MR) is 69.5 cm³/mol. The summed E-state index contributed by atoms with van der Waals surface area (Å²) in [5, 5.41) is 0. The van der Waals surface area contributed by atoms with Crippen molar-refractivity contribution in [2.45, 2.75) is 26.6 Å². The van der Waals surface area contributed by atoms with Crippen LogP contribution in [0.2, 0.25) is 19.6 Å². The lowest BCUT2D eigenvalue weighted by molar-refractivity contribution is -0.112. The molecule has 1 rings (SSSR count). The van der Waals surface area contributed by atoms with Crippen molar-refractivity contribution < 1.29 is 9.22 Å². The first-order chi connectivity index (χ1) is 7.38. The molecule has 0 aliphatic heterocycles. The highest BCUT2D eigenvalue weighted by Gasteiger charge is 2.18. The third-order valence-corrected chi connectivity index (χ3v) is 2.64. The smallest absolute Gasteiger partial charge is 0.242 e. The fourth-order valence-corrected chi connectivity index (χ4v) is 2.13. The van der Waals surface area contributed by atoms with E-state index in [0.717, 1.165) is 5.56 Å². The Morgan fingerprint density at radius 3 is 2.19 bits per heavy atom. The lowest BCUT2D eigenvalue weighted by Gasteiger charge is -2.21. The molecule has 1 aromatic rings. The molecular weight excluding hydrogens is 216 g/mol. The van der Waals surface area contributed by atoms with Gasteiger partial charge in [0.25, 0.3) is 0 Å². The monoisotopic (exact) mass is 234 g/mol. The fourth-order valence-electron chi connectivity index (χ4n) is 1.29. The first kappa shape index (κ1) is 12.7. The van der Waals surface area contributed by atoms with E-state index in [4.69, 9.17) is 4.43 Å². The van der Waals surface area contributed by atoms with Crippen LogP contribution in [0.5, 0.6) is 0 Å². The van der Waals surface area contributed by atoms with Crippen molar-refractivity contribution in [3.63, 3.8) is 0 Å². The fraction of sp³-hybridized carbons (Fsp3) is 0.308. The Hall–Kier alpha value is -1.35. The number of allylic oxidation sites excluding steroid dienone is 1. The van der Waals surface area contributed by atoms with E-state index in [1.165, 1.54) is 6.92 Å². The van der Waals surface area contributed by atoms with Crippen molar-refractivity contribution in [3.05, 3.63) is 42.0 Å². The summed E-state index contributed by atoms with van der Waals surface area (Å²) >= 11 is 0. The maximum atomic E-state index is 11.2. The number of carbonyl (C=O) groups excluding carboxylic acids is 1. The molecule has 3 heteroatoms. The standard InChI is InChI=1S/C13H18O2Si/c1-11(14)10-13(15-16(2,3)4)12-8-6-5-7-9-12/h5-10H,1-4H3/b13-10+. The van der Waals surface area contributed by atoms with E-state index in [-0.39, 0.29) is 5.78 Å². The molecule has 0 spiro atoms. The topological polar surface area (TPSA) is 26.3 Å². The lowest BCUT2D eigenvalue weighted by atomic mass is 10.1. The van der Waals surface area contributed by atoms with E-state index in [1.807, 2.05) is 30.3 Å². The van der Waals surface area contributed by atoms with Gasteiger partial charge >= 0.3 is 0 Å². The van der Waals surface area contributed by atoms with Gasteiger partial charge in [0.1, 0.15) is 5.76 Å². The lowest BCUT2D eigenvalue weighted by Crippen LogP contribution is -2.24. The highest BCUT2D eigenvalue weighted by atomic mass is 28.4. The molecule has 0 N–H and O–H groups in total. The van der Waals surface area contributed by atoms with Crippen LogP contribution in [0.4, 0.5) is 0 Å². The average Bonchev–Trinajstić information content (AvgIpc) is 2.15. The average molecular weight is 234 g/mol. The van der Waals surface area contributed by atoms with E-state index in [1.54, 1.807) is 6.08 Å². The SMILES string of the molecule is CC(=O)/C=C(/O[Si](C)(C)C)c1ccccc1. The number of benzene rings is 1. The molecule has 0 aromatic heterocycles. The first-order valence-corrected chi connectivity index (χ1v) is 8.76. The molecule has 0 saturated heterocycles. The van der Waals surface area contributed by atoms with E-state index < -0.39 is 8.32 Å². The van der Waals surface area contributed by atoms with E-state index in [2.05, 4.69) is 19.6 Å². The third-order valence-electron chi connectivity index (χ3n) is 1.81. The highest BCUT2D eigenvalue weighted by Crippen LogP contribution is 2.20. The minimum absolute atomic E-state index is 0.0112. The second-order valence-electron chi connectivity index (χ2n) is 4.70. The van der Waals surface area contributed by atoms with Crippen LogP contribution in [0.1, 0.15) is 12.5 Å². The summed E-state index contributed by atoms with van der Waals surface area (Å²) in [6.07, 6.45) is 1.56. The van der Waals surface area contributed by atoms with Crippen molar-refractivity contribution in [2.24, 2.45) is 0 Å². The molecule has 0 aliphatic rings. The van der Waals surface area contributed by atoms with Crippen molar-refractivity contribution >= 4 is 19.9 Å². The minimum atomic E-state index is -1.69.